The first-order chi connectivity index (χ1) is 5.68. The summed E-state index contributed by atoms with van der Waals surface area (Å²) in [4.78, 5) is 0. The first-order valence-electron chi connectivity index (χ1n) is 4.98. The SMILES string of the molecule is C=CCC12CCC(Br)(CC1)CC2. The number of allylic oxidation sites excluding steroid dienone is 1. The fourth-order valence-corrected chi connectivity index (χ4v) is 3.42. The maximum atomic E-state index is 3.88. The van der Waals surface area contributed by atoms with Crippen molar-refractivity contribution >= 4 is 15.9 Å². The molecule has 0 heterocycles. The lowest BCUT2D eigenvalue weighted by Gasteiger charge is -2.50. The van der Waals surface area contributed by atoms with Crippen LogP contribution >= 0.6 is 15.9 Å². The average Bonchev–Trinajstić information content (AvgIpc) is 2.08. The predicted octanol–water partition coefficient (Wildman–Crippen LogP) is 4.05. The molecule has 0 saturated heterocycles. The topological polar surface area (TPSA) is 0 Å². The molecule has 0 N–H and O–H groups in total. The molecule has 0 spiro atoms. The third kappa shape index (κ3) is 1.37. The normalized spacial score (nSPS) is 46.1. The van der Waals surface area contributed by atoms with Crippen molar-refractivity contribution in [1.82, 2.24) is 0 Å². The van der Waals surface area contributed by atoms with Crippen LogP contribution in [0.15, 0.2) is 12.7 Å². The summed E-state index contributed by atoms with van der Waals surface area (Å²) in [7, 11) is 0. The van der Waals surface area contributed by atoms with Crippen LogP contribution in [0.4, 0.5) is 0 Å². The minimum atomic E-state index is 0.538. The van der Waals surface area contributed by atoms with Gasteiger partial charge in [-0.3, -0.25) is 0 Å². The Kier molecular flexibility index (Phi) is 2.10. The Morgan fingerprint density at radius 2 is 1.58 bits per heavy atom. The zero-order valence-corrected chi connectivity index (χ0v) is 9.20. The summed E-state index contributed by atoms with van der Waals surface area (Å²) >= 11 is 3.88. The van der Waals surface area contributed by atoms with Gasteiger partial charge in [-0.25, -0.2) is 0 Å². The van der Waals surface area contributed by atoms with Gasteiger partial charge in [-0.15, -0.1) is 6.58 Å². The van der Waals surface area contributed by atoms with Crippen molar-refractivity contribution in [1.29, 1.82) is 0 Å². The smallest absolute Gasteiger partial charge is 0.0258 e. The molecule has 1 heteroatoms. The van der Waals surface area contributed by atoms with Crippen LogP contribution in [0.25, 0.3) is 0 Å². The van der Waals surface area contributed by atoms with Gasteiger partial charge in [0, 0.05) is 4.32 Å². The fourth-order valence-electron chi connectivity index (χ4n) is 2.83. The number of fused-ring (bicyclic) bond motifs is 3. The van der Waals surface area contributed by atoms with Crippen molar-refractivity contribution < 1.29 is 0 Å². The zero-order valence-electron chi connectivity index (χ0n) is 7.61. The van der Waals surface area contributed by atoms with Gasteiger partial charge in [-0.05, 0) is 50.4 Å². The van der Waals surface area contributed by atoms with Gasteiger partial charge in [0.05, 0.1) is 0 Å². The lowest BCUT2D eigenvalue weighted by molar-refractivity contribution is 0.0888. The van der Waals surface area contributed by atoms with Gasteiger partial charge in [0.1, 0.15) is 0 Å². The van der Waals surface area contributed by atoms with E-state index in [1.54, 1.807) is 0 Å². The highest BCUT2D eigenvalue weighted by Crippen LogP contribution is 2.57. The Balaban J connectivity index is 2.08. The van der Waals surface area contributed by atoms with E-state index in [2.05, 4.69) is 28.6 Å². The molecule has 0 unspecified atom stereocenters. The largest absolute Gasteiger partial charge is 0.103 e. The van der Waals surface area contributed by atoms with Gasteiger partial charge >= 0.3 is 0 Å². The third-order valence-electron chi connectivity index (χ3n) is 3.89. The number of hydrogen-bond donors (Lipinski definition) is 0. The van der Waals surface area contributed by atoms with Gasteiger partial charge < -0.3 is 0 Å². The van der Waals surface area contributed by atoms with Gasteiger partial charge in [0.2, 0.25) is 0 Å². The van der Waals surface area contributed by atoms with E-state index in [1.807, 2.05) is 0 Å². The molecule has 0 aromatic carbocycles. The molecule has 3 rings (SSSR count). The highest BCUT2D eigenvalue weighted by atomic mass is 79.9. The van der Waals surface area contributed by atoms with Crippen molar-refractivity contribution in [3.8, 4) is 0 Å². The third-order valence-corrected chi connectivity index (χ3v) is 5.08. The highest BCUT2D eigenvalue weighted by molar-refractivity contribution is 9.10. The maximum Gasteiger partial charge on any atom is 0.0258 e. The van der Waals surface area contributed by atoms with E-state index in [1.165, 1.54) is 44.9 Å². The number of hydrogen-bond acceptors (Lipinski definition) is 0. The van der Waals surface area contributed by atoms with Gasteiger partial charge in [0.25, 0.3) is 0 Å². The number of alkyl halides is 1. The van der Waals surface area contributed by atoms with Crippen LogP contribution in [0.5, 0.6) is 0 Å². The fraction of sp³-hybridized carbons (Fsp3) is 0.818. The Morgan fingerprint density at radius 1 is 1.08 bits per heavy atom. The molecule has 0 radical (unpaired) electrons. The van der Waals surface area contributed by atoms with E-state index < -0.39 is 0 Å². The van der Waals surface area contributed by atoms with Crippen LogP contribution in [0.3, 0.4) is 0 Å². The summed E-state index contributed by atoms with van der Waals surface area (Å²) in [6.07, 6.45) is 11.8. The predicted molar refractivity (Wildman–Crippen MR) is 56.6 cm³/mol. The van der Waals surface area contributed by atoms with E-state index in [4.69, 9.17) is 0 Å². The van der Waals surface area contributed by atoms with E-state index in [0.717, 1.165) is 0 Å². The monoisotopic (exact) mass is 228 g/mol. The van der Waals surface area contributed by atoms with Crippen molar-refractivity contribution in [2.75, 3.05) is 0 Å². The first-order valence-corrected chi connectivity index (χ1v) is 5.77. The van der Waals surface area contributed by atoms with Crippen LogP contribution < -0.4 is 0 Å². The van der Waals surface area contributed by atoms with E-state index in [9.17, 15) is 0 Å². The van der Waals surface area contributed by atoms with Gasteiger partial charge in [0.15, 0.2) is 0 Å². The zero-order chi connectivity index (χ0) is 8.66. The summed E-state index contributed by atoms with van der Waals surface area (Å²) in [5.41, 5.74) is 0.664. The van der Waals surface area contributed by atoms with Crippen LogP contribution in [0.2, 0.25) is 0 Å². The summed E-state index contributed by atoms with van der Waals surface area (Å²) in [6.45, 7) is 3.87. The second-order valence-electron chi connectivity index (χ2n) is 4.64. The molecule has 0 aromatic heterocycles. The molecule has 0 amide bonds. The Morgan fingerprint density at radius 3 is 2.00 bits per heavy atom. The molecule has 0 aliphatic heterocycles. The molecule has 68 valence electrons. The summed E-state index contributed by atoms with van der Waals surface area (Å²) in [5, 5.41) is 0. The van der Waals surface area contributed by atoms with E-state index in [-0.39, 0.29) is 0 Å². The number of rotatable bonds is 2. The second kappa shape index (κ2) is 2.87. The molecular weight excluding hydrogens is 212 g/mol. The molecule has 3 aliphatic rings. The summed E-state index contributed by atoms with van der Waals surface area (Å²) in [5.74, 6) is 0. The van der Waals surface area contributed by atoms with Crippen molar-refractivity contribution in [3.63, 3.8) is 0 Å². The lowest BCUT2D eigenvalue weighted by Crippen LogP contribution is -2.41. The van der Waals surface area contributed by atoms with Gasteiger partial charge in [-0.2, -0.15) is 0 Å². The quantitative estimate of drug-likeness (QED) is 0.495. The average molecular weight is 229 g/mol. The Labute approximate surface area is 83.6 Å². The molecule has 3 aliphatic carbocycles. The standard InChI is InChI=1S/C11H17Br/c1-2-3-10-4-7-11(12,8-5-10)9-6-10/h2H,1,3-9H2. The van der Waals surface area contributed by atoms with E-state index >= 15 is 0 Å². The molecule has 12 heavy (non-hydrogen) atoms. The van der Waals surface area contributed by atoms with Crippen LogP contribution in [0, 0.1) is 5.41 Å². The van der Waals surface area contributed by atoms with Crippen molar-refractivity contribution in [2.24, 2.45) is 5.41 Å². The molecule has 0 nitrogen and oxygen atoms in total. The number of halogens is 1. The minimum absolute atomic E-state index is 0.538. The Hall–Kier alpha value is 0.220. The van der Waals surface area contributed by atoms with Crippen molar-refractivity contribution in [2.45, 2.75) is 49.3 Å². The molecule has 3 saturated carbocycles. The van der Waals surface area contributed by atoms with Crippen LogP contribution in [-0.2, 0) is 0 Å². The van der Waals surface area contributed by atoms with Crippen molar-refractivity contribution in [3.05, 3.63) is 12.7 Å². The second-order valence-corrected chi connectivity index (χ2v) is 6.33. The summed E-state index contributed by atoms with van der Waals surface area (Å²) < 4.78 is 0.538. The molecule has 0 atom stereocenters. The molecular formula is C11H17Br. The lowest BCUT2D eigenvalue weighted by atomic mass is 9.59. The Bertz CT molecular complexity index is 171. The highest BCUT2D eigenvalue weighted by Gasteiger charge is 2.46. The molecule has 2 bridgehead atoms. The first kappa shape index (κ1) is 8.80. The van der Waals surface area contributed by atoms with Crippen LogP contribution in [-0.4, -0.2) is 4.32 Å². The maximum absolute atomic E-state index is 3.88. The summed E-state index contributed by atoms with van der Waals surface area (Å²) in [6, 6.07) is 0. The molecule has 3 fully saturated rings. The minimum Gasteiger partial charge on any atom is -0.103 e. The van der Waals surface area contributed by atoms with Crippen LogP contribution in [0.1, 0.15) is 44.9 Å². The van der Waals surface area contributed by atoms with E-state index in [0.29, 0.717) is 9.74 Å². The van der Waals surface area contributed by atoms with Gasteiger partial charge in [-0.1, -0.05) is 22.0 Å². The molecule has 0 aromatic rings.